The van der Waals surface area contributed by atoms with Gasteiger partial charge in [-0.3, -0.25) is 9.20 Å². The standard InChI is InChI=1S/C27H30F2N6O3/c1-4-17-14-18(13-16(2)22(17)27(36)32-9-12-38-11-7-30)34-25-26-33-15-20(35(26)10-8-31-25)19-5-6-21(37-3)24(29)23(19)28/h5-6,8,10,13-15H,4,7,9,11-12,30H2,1-3H3,(H,31,34)(H,32,36). The molecular formula is C27H30F2N6O3. The molecule has 9 nitrogen and oxygen atoms in total. The van der Waals surface area contributed by atoms with Crippen molar-refractivity contribution < 1.29 is 23.0 Å². The van der Waals surface area contributed by atoms with Gasteiger partial charge in [-0.15, -0.1) is 0 Å². The summed E-state index contributed by atoms with van der Waals surface area (Å²) in [6.07, 6.45) is 5.26. The van der Waals surface area contributed by atoms with Gasteiger partial charge in [0, 0.05) is 42.3 Å². The van der Waals surface area contributed by atoms with Crippen LogP contribution in [0.4, 0.5) is 20.3 Å². The molecule has 0 saturated heterocycles. The van der Waals surface area contributed by atoms with Gasteiger partial charge in [-0.05, 0) is 48.7 Å². The fourth-order valence-corrected chi connectivity index (χ4v) is 4.28. The van der Waals surface area contributed by atoms with E-state index in [4.69, 9.17) is 15.2 Å². The number of ether oxygens (including phenoxy) is 2. The van der Waals surface area contributed by atoms with Crippen molar-refractivity contribution in [3.63, 3.8) is 0 Å². The molecular weight excluding hydrogens is 494 g/mol. The van der Waals surface area contributed by atoms with Gasteiger partial charge in [0.05, 0.1) is 32.2 Å². The molecule has 2 aromatic heterocycles. The van der Waals surface area contributed by atoms with Crippen LogP contribution < -0.4 is 21.1 Å². The second-order valence-corrected chi connectivity index (χ2v) is 8.52. The number of benzene rings is 2. The van der Waals surface area contributed by atoms with Crippen LogP contribution in [0.1, 0.15) is 28.4 Å². The molecule has 0 fully saturated rings. The summed E-state index contributed by atoms with van der Waals surface area (Å²) in [5.74, 6) is -2.02. The van der Waals surface area contributed by atoms with Gasteiger partial charge < -0.3 is 25.8 Å². The van der Waals surface area contributed by atoms with Gasteiger partial charge in [0.25, 0.3) is 5.91 Å². The number of anilines is 2. The van der Waals surface area contributed by atoms with Crippen LogP contribution in [0.5, 0.6) is 5.75 Å². The summed E-state index contributed by atoms with van der Waals surface area (Å²) >= 11 is 0. The van der Waals surface area contributed by atoms with Gasteiger partial charge in [0.2, 0.25) is 5.82 Å². The van der Waals surface area contributed by atoms with Crippen molar-refractivity contribution >= 4 is 23.1 Å². The zero-order valence-electron chi connectivity index (χ0n) is 21.5. The summed E-state index contributed by atoms with van der Waals surface area (Å²) in [6, 6.07) is 6.56. The monoisotopic (exact) mass is 524 g/mol. The lowest BCUT2D eigenvalue weighted by Crippen LogP contribution is -2.29. The van der Waals surface area contributed by atoms with Gasteiger partial charge >= 0.3 is 0 Å². The summed E-state index contributed by atoms with van der Waals surface area (Å²) in [5.41, 5.74) is 9.21. The number of halogens is 2. The third-order valence-electron chi connectivity index (χ3n) is 6.05. The lowest BCUT2D eigenvalue weighted by atomic mass is 9.98. The Balaban J connectivity index is 1.61. The SMILES string of the molecule is CCc1cc(Nc2nccn3c(-c4ccc(OC)c(F)c4F)cnc23)cc(C)c1C(=O)NCCOCCN. The van der Waals surface area contributed by atoms with Crippen LogP contribution >= 0.6 is 0 Å². The average molecular weight is 525 g/mol. The minimum Gasteiger partial charge on any atom is -0.494 e. The predicted molar refractivity (Wildman–Crippen MR) is 141 cm³/mol. The lowest BCUT2D eigenvalue weighted by molar-refractivity contribution is 0.0918. The molecule has 1 amide bonds. The topological polar surface area (TPSA) is 116 Å². The molecule has 4 N–H and O–H groups in total. The summed E-state index contributed by atoms with van der Waals surface area (Å²) in [6.45, 7) is 5.49. The van der Waals surface area contributed by atoms with Crippen LogP contribution in [0.15, 0.2) is 42.9 Å². The number of aromatic nitrogens is 3. The molecule has 4 aromatic rings. The van der Waals surface area contributed by atoms with E-state index < -0.39 is 11.6 Å². The van der Waals surface area contributed by atoms with Crippen LogP contribution in [0.3, 0.4) is 0 Å². The molecule has 0 saturated carbocycles. The van der Waals surface area contributed by atoms with E-state index in [1.807, 2.05) is 26.0 Å². The number of carbonyl (C=O) groups is 1. The second-order valence-electron chi connectivity index (χ2n) is 8.52. The van der Waals surface area contributed by atoms with Crippen LogP contribution in [-0.4, -0.2) is 53.7 Å². The minimum absolute atomic E-state index is 0.0425. The number of fused-ring (bicyclic) bond motifs is 1. The van der Waals surface area contributed by atoms with Crippen molar-refractivity contribution in [3.8, 4) is 17.0 Å². The van der Waals surface area contributed by atoms with Gasteiger partial charge in [0.1, 0.15) is 0 Å². The Morgan fingerprint density at radius 1 is 1.16 bits per heavy atom. The summed E-state index contributed by atoms with van der Waals surface area (Å²) in [5, 5.41) is 6.14. The minimum atomic E-state index is -1.07. The lowest BCUT2D eigenvalue weighted by Gasteiger charge is -2.15. The zero-order chi connectivity index (χ0) is 27.2. The van der Waals surface area contributed by atoms with Crippen LogP contribution in [-0.2, 0) is 11.2 Å². The van der Waals surface area contributed by atoms with E-state index in [-0.39, 0.29) is 17.2 Å². The highest BCUT2D eigenvalue weighted by Gasteiger charge is 2.20. The first-order chi connectivity index (χ1) is 18.4. The number of imidazole rings is 1. The van der Waals surface area contributed by atoms with E-state index in [1.165, 1.54) is 25.4 Å². The highest BCUT2D eigenvalue weighted by Crippen LogP contribution is 2.32. The average Bonchev–Trinajstić information content (AvgIpc) is 3.34. The van der Waals surface area contributed by atoms with Crippen molar-refractivity contribution in [2.75, 3.05) is 38.7 Å². The largest absolute Gasteiger partial charge is 0.494 e. The van der Waals surface area contributed by atoms with E-state index in [1.54, 1.807) is 16.8 Å². The van der Waals surface area contributed by atoms with E-state index >= 15 is 0 Å². The number of nitrogens with two attached hydrogens (primary N) is 1. The molecule has 200 valence electrons. The number of hydrogen-bond acceptors (Lipinski definition) is 7. The van der Waals surface area contributed by atoms with Crippen LogP contribution in [0, 0.1) is 18.6 Å². The highest BCUT2D eigenvalue weighted by atomic mass is 19.2. The quantitative estimate of drug-likeness (QED) is 0.254. The molecule has 0 spiro atoms. The zero-order valence-corrected chi connectivity index (χ0v) is 21.5. The van der Waals surface area contributed by atoms with Crippen LogP contribution in [0.2, 0.25) is 0 Å². The maximum Gasteiger partial charge on any atom is 0.251 e. The Kier molecular flexibility index (Phi) is 8.49. The number of nitrogens with zero attached hydrogens (tertiary/aromatic N) is 3. The molecule has 0 atom stereocenters. The number of aryl methyl sites for hydroxylation is 2. The third-order valence-corrected chi connectivity index (χ3v) is 6.05. The summed E-state index contributed by atoms with van der Waals surface area (Å²) < 4.78 is 40.9. The Hall–Kier alpha value is -4.09. The van der Waals surface area contributed by atoms with Crippen molar-refractivity contribution in [1.82, 2.24) is 19.7 Å². The Bertz CT molecular complexity index is 1460. The molecule has 0 aliphatic carbocycles. The summed E-state index contributed by atoms with van der Waals surface area (Å²) in [4.78, 5) is 21.7. The number of methoxy groups -OCH3 is 1. The number of rotatable bonds is 11. The van der Waals surface area contributed by atoms with E-state index in [0.717, 1.165) is 11.1 Å². The Labute approximate surface area is 219 Å². The maximum atomic E-state index is 14.8. The van der Waals surface area contributed by atoms with Gasteiger partial charge in [-0.1, -0.05) is 6.92 Å². The number of nitrogens with one attached hydrogen (secondary N) is 2. The molecule has 0 bridgehead atoms. The molecule has 0 radical (unpaired) electrons. The van der Waals surface area contributed by atoms with Crippen LogP contribution in [0.25, 0.3) is 16.9 Å². The molecule has 38 heavy (non-hydrogen) atoms. The smallest absolute Gasteiger partial charge is 0.251 e. The van der Waals surface area contributed by atoms with Crippen molar-refractivity contribution in [2.24, 2.45) is 5.73 Å². The third kappa shape index (κ3) is 5.43. The molecule has 4 rings (SSSR count). The molecule has 2 heterocycles. The number of amides is 1. The fraction of sp³-hybridized carbons (Fsp3) is 0.296. The molecule has 0 unspecified atom stereocenters. The van der Waals surface area contributed by atoms with Gasteiger partial charge in [0.15, 0.2) is 23.0 Å². The molecule has 0 aliphatic heterocycles. The van der Waals surface area contributed by atoms with Crippen molar-refractivity contribution in [1.29, 1.82) is 0 Å². The number of carbonyl (C=O) groups excluding carboxylic acids is 1. The first-order valence-corrected chi connectivity index (χ1v) is 12.2. The molecule has 2 aromatic carbocycles. The number of hydrogen-bond donors (Lipinski definition) is 3. The highest BCUT2D eigenvalue weighted by molar-refractivity contribution is 5.98. The predicted octanol–water partition coefficient (Wildman–Crippen LogP) is 4.00. The van der Waals surface area contributed by atoms with Crippen molar-refractivity contribution in [2.45, 2.75) is 20.3 Å². The van der Waals surface area contributed by atoms with E-state index in [9.17, 15) is 13.6 Å². The normalized spacial score (nSPS) is 11.1. The first kappa shape index (κ1) is 27.0. The molecule has 0 aliphatic rings. The maximum absolute atomic E-state index is 14.8. The first-order valence-electron chi connectivity index (χ1n) is 12.2. The fourth-order valence-electron chi connectivity index (χ4n) is 4.28. The second kappa shape index (κ2) is 12.0. The van der Waals surface area contributed by atoms with E-state index in [2.05, 4.69) is 20.6 Å². The Morgan fingerprint density at radius 3 is 2.71 bits per heavy atom. The summed E-state index contributed by atoms with van der Waals surface area (Å²) in [7, 11) is 1.28. The Morgan fingerprint density at radius 2 is 1.97 bits per heavy atom. The van der Waals surface area contributed by atoms with Gasteiger partial charge in [-0.25, -0.2) is 14.4 Å². The van der Waals surface area contributed by atoms with E-state index in [0.29, 0.717) is 61.1 Å². The van der Waals surface area contributed by atoms with Gasteiger partial charge in [-0.2, -0.15) is 4.39 Å². The molecule has 11 heteroatoms. The van der Waals surface area contributed by atoms with Crippen molar-refractivity contribution in [3.05, 3.63) is 71.2 Å².